The van der Waals surface area contributed by atoms with E-state index in [9.17, 15) is 13.6 Å². The number of amides is 1. The largest absolute Gasteiger partial charge is 0.320 e. The highest BCUT2D eigenvalue weighted by Crippen LogP contribution is 2.30. The fourth-order valence-electron chi connectivity index (χ4n) is 2.87. The molecule has 0 bridgehead atoms. The number of hydrogen-bond donors (Lipinski definition) is 1. The van der Waals surface area contributed by atoms with Gasteiger partial charge >= 0.3 is 0 Å². The summed E-state index contributed by atoms with van der Waals surface area (Å²) in [5, 5.41) is 8.23. The fraction of sp³-hybridized carbons (Fsp3) is 0.100. The molecule has 4 aromatic rings. The minimum atomic E-state index is -0.471. The van der Waals surface area contributed by atoms with Crippen LogP contribution in [0, 0.1) is 18.6 Å². The van der Waals surface area contributed by atoms with E-state index >= 15 is 0 Å². The number of aryl methyl sites for hydroxylation is 1. The molecule has 2 heterocycles. The van der Waals surface area contributed by atoms with Crippen molar-refractivity contribution in [2.45, 2.75) is 13.5 Å². The van der Waals surface area contributed by atoms with E-state index < -0.39 is 5.82 Å². The van der Waals surface area contributed by atoms with Gasteiger partial charge in [-0.15, -0.1) is 11.3 Å². The molecule has 8 heteroatoms. The summed E-state index contributed by atoms with van der Waals surface area (Å²) in [4.78, 5) is 13.9. The molecule has 0 aliphatic carbocycles. The molecule has 4 rings (SSSR count). The van der Waals surface area contributed by atoms with Crippen molar-refractivity contribution >= 4 is 44.7 Å². The second kappa shape index (κ2) is 7.33. The molecule has 4 nitrogen and oxygen atoms in total. The second-order valence-electron chi connectivity index (χ2n) is 6.28. The average molecular weight is 418 g/mol. The third-order valence-corrected chi connectivity index (χ3v) is 5.72. The average Bonchev–Trinajstić information content (AvgIpc) is 3.21. The van der Waals surface area contributed by atoms with Crippen LogP contribution in [0.5, 0.6) is 0 Å². The number of anilines is 1. The second-order valence-corrected chi connectivity index (χ2v) is 7.72. The Morgan fingerprint density at radius 2 is 1.86 bits per heavy atom. The molecular formula is C20H14ClF2N3OS. The van der Waals surface area contributed by atoms with Crippen LogP contribution in [-0.4, -0.2) is 15.7 Å². The van der Waals surface area contributed by atoms with Crippen molar-refractivity contribution in [2.75, 3.05) is 5.32 Å². The lowest BCUT2D eigenvalue weighted by Crippen LogP contribution is -2.10. The summed E-state index contributed by atoms with van der Waals surface area (Å²) >= 11 is 7.28. The fourth-order valence-corrected chi connectivity index (χ4v) is 4.14. The Bertz CT molecular complexity index is 1180. The van der Waals surface area contributed by atoms with E-state index in [2.05, 4.69) is 10.4 Å². The van der Waals surface area contributed by atoms with E-state index in [1.165, 1.54) is 35.6 Å². The number of hydrogen-bond acceptors (Lipinski definition) is 3. The van der Waals surface area contributed by atoms with Crippen molar-refractivity contribution in [3.05, 3.63) is 81.3 Å². The molecule has 0 spiro atoms. The van der Waals surface area contributed by atoms with Crippen molar-refractivity contribution in [1.82, 2.24) is 9.78 Å². The number of nitrogens with one attached hydrogen (secondary N) is 1. The highest BCUT2D eigenvalue weighted by atomic mass is 35.5. The van der Waals surface area contributed by atoms with Gasteiger partial charge in [-0.05, 0) is 48.9 Å². The highest BCUT2D eigenvalue weighted by molar-refractivity contribution is 7.20. The quantitative estimate of drug-likeness (QED) is 0.467. The van der Waals surface area contributed by atoms with Gasteiger partial charge in [0.1, 0.15) is 16.5 Å². The molecule has 2 aromatic heterocycles. The topological polar surface area (TPSA) is 46.9 Å². The maximum atomic E-state index is 13.2. The van der Waals surface area contributed by atoms with Gasteiger partial charge in [0.05, 0.1) is 27.8 Å². The Kier molecular flexibility index (Phi) is 4.87. The molecule has 0 fully saturated rings. The first-order valence-corrected chi connectivity index (χ1v) is 9.58. The lowest BCUT2D eigenvalue weighted by Gasteiger charge is -2.06. The monoisotopic (exact) mass is 417 g/mol. The summed E-state index contributed by atoms with van der Waals surface area (Å²) in [6.07, 6.45) is 0. The molecule has 2 aromatic carbocycles. The van der Waals surface area contributed by atoms with Gasteiger partial charge in [0.15, 0.2) is 0 Å². The molecular weight excluding hydrogens is 404 g/mol. The van der Waals surface area contributed by atoms with Gasteiger partial charge in [0.25, 0.3) is 5.91 Å². The Labute approximate surface area is 168 Å². The van der Waals surface area contributed by atoms with E-state index in [4.69, 9.17) is 11.6 Å². The number of benzene rings is 2. The van der Waals surface area contributed by atoms with Gasteiger partial charge in [-0.2, -0.15) is 5.10 Å². The first kappa shape index (κ1) is 18.6. The van der Waals surface area contributed by atoms with Crippen molar-refractivity contribution in [1.29, 1.82) is 0 Å². The van der Waals surface area contributed by atoms with Crippen LogP contribution in [-0.2, 0) is 6.54 Å². The Balaban J connectivity index is 1.62. The molecule has 0 radical (unpaired) electrons. The zero-order valence-electron chi connectivity index (χ0n) is 14.7. The van der Waals surface area contributed by atoms with Crippen LogP contribution in [0.2, 0.25) is 5.02 Å². The molecule has 28 heavy (non-hydrogen) atoms. The molecule has 0 saturated carbocycles. The summed E-state index contributed by atoms with van der Waals surface area (Å²) in [6, 6.07) is 11.8. The number of carbonyl (C=O) groups excluding carboxylic acids is 1. The van der Waals surface area contributed by atoms with Crippen LogP contribution in [0.4, 0.5) is 14.5 Å². The van der Waals surface area contributed by atoms with E-state index in [1.807, 2.05) is 6.92 Å². The molecule has 0 unspecified atom stereocenters. The number of rotatable bonds is 4. The Morgan fingerprint density at radius 3 is 2.57 bits per heavy atom. The van der Waals surface area contributed by atoms with Crippen LogP contribution < -0.4 is 5.32 Å². The molecule has 1 N–H and O–H groups in total. The van der Waals surface area contributed by atoms with Crippen LogP contribution in [0.1, 0.15) is 20.9 Å². The summed E-state index contributed by atoms with van der Waals surface area (Å²) in [5.41, 5.74) is 2.05. The molecule has 0 atom stereocenters. The third-order valence-electron chi connectivity index (χ3n) is 4.26. The Morgan fingerprint density at radius 1 is 1.14 bits per heavy atom. The zero-order chi connectivity index (χ0) is 19.8. The first-order valence-electron chi connectivity index (χ1n) is 8.38. The minimum Gasteiger partial charge on any atom is -0.320 e. The van der Waals surface area contributed by atoms with Gasteiger partial charge < -0.3 is 5.32 Å². The lowest BCUT2D eigenvalue weighted by atomic mass is 10.2. The normalized spacial score (nSPS) is 11.1. The van der Waals surface area contributed by atoms with E-state index in [0.29, 0.717) is 17.1 Å². The van der Waals surface area contributed by atoms with E-state index in [-0.39, 0.29) is 16.7 Å². The van der Waals surface area contributed by atoms with E-state index in [1.54, 1.807) is 22.9 Å². The number of aromatic nitrogens is 2. The van der Waals surface area contributed by atoms with E-state index in [0.717, 1.165) is 27.5 Å². The summed E-state index contributed by atoms with van der Waals surface area (Å²) in [5.74, 6) is -1.09. The predicted octanol–water partition coefficient (Wildman–Crippen LogP) is 5.64. The van der Waals surface area contributed by atoms with Gasteiger partial charge in [0, 0.05) is 5.39 Å². The lowest BCUT2D eigenvalue weighted by molar-refractivity contribution is 0.103. The van der Waals surface area contributed by atoms with Crippen molar-refractivity contribution in [3.8, 4) is 0 Å². The summed E-state index contributed by atoms with van der Waals surface area (Å²) in [6.45, 7) is 2.34. The maximum Gasteiger partial charge on any atom is 0.265 e. The first-order chi connectivity index (χ1) is 13.4. The highest BCUT2D eigenvalue weighted by Gasteiger charge is 2.17. The van der Waals surface area contributed by atoms with Gasteiger partial charge in [-0.1, -0.05) is 23.7 Å². The predicted molar refractivity (Wildman–Crippen MR) is 107 cm³/mol. The standard InChI is InChI=1S/C20H14ClF2N3OS/c1-11-15-9-18(19(27)24-17-7-6-14(23)8-16(17)21)28-20(15)26(25-11)10-12-2-4-13(22)5-3-12/h2-9H,10H2,1H3,(H,24,27). The summed E-state index contributed by atoms with van der Waals surface area (Å²) < 4.78 is 28.1. The van der Waals surface area contributed by atoms with Crippen molar-refractivity contribution in [3.63, 3.8) is 0 Å². The third kappa shape index (κ3) is 3.63. The summed E-state index contributed by atoms with van der Waals surface area (Å²) in [7, 11) is 0. The molecule has 0 saturated heterocycles. The van der Waals surface area contributed by atoms with Crippen LogP contribution in [0.3, 0.4) is 0 Å². The Hall–Kier alpha value is -2.77. The maximum absolute atomic E-state index is 13.2. The number of nitrogens with zero attached hydrogens (tertiary/aromatic N) is 2. The van der Waals surface area contributed by atoms with Crippen LogP contribution in [0.15, 0.2) is 48.5 Å². The smallest absolute Gasteiger partial charge is 0.265 e. The number of thiophene rings is 1. The molecule has 1 amide bonds. The van der Waals surface area contributed by atoms with Crippen molar-refractivity contribution < 1.29 is 13.6 Å². The number of fused-ring (bicyclic) bond motifs is 1. The van der Waals surface area contributed by atoms with Gasteiger partial charge in [-0.25, -0.2) is 8.78 Å². The molecule has 0 aliphatic heterocycles. The number of carbonyl (C=O) groups is 1. The van der Waals surface area contributed by atoms with Gasteiger partial charge in [0.2, 0.25) is 0 Å². The van der Waals surface area contributed by atoms with Crippen LogP contribution in [0.25, 0.3) is 10.2 Å². The number of halogens is 3. The molecule has 142 valence electrons. The van der Waals surface area contributed by atoms with Crippen molar-refractivity contribution in [2.24, 2.45) is 0 Å². The zero-order valence-corrected chi connectivity index (χ0v) is 16.2. The minimum absolute atomic E-state index is 0.133. The van der Waals surface area contributed by atoms with Crippen LogP contribution >= 0.6 is 22.9 Å². The van der Waals surface area contributed by atoms with Gasteiger partial charge in [-0.3, -0.25) is 9.48 Å². The SMILES string of the molecule is Cc1nn(Cc2ccc(F)cc2)c2sc(C(=O)Nc3ccc(F)cc3Cl)cc12. The molecule has 0 aliphatic rings.